The van der Waals surface area contributed by atoms with Gasteiger partial charge in [0.15, 0.2) is 10.9 Å². The Hall–Kier alpha value is -0.520. The fourth-order valence-electron chi connectivity index (χ4n) is 0.335. The van der Waals surface area contributed by atoms with Gasteiger partial charge < -0.3 is 10.2 Å². The molecule has 0 bridgehead atoms. The van der Waals surface area contributed by atoms with E-state index in [1.165, 1.54) is 0 Å². The maximum Gasteiger partial charge on any atom is 0.274 e. The number of carbonyl (C=O) groups is 2. The normalized spacial score (nSPS) is 14.3. The van der Waals surface area contributed by atoms with Crippen LogP contribution in [0.15, 0.2) is 0 Å². The summed E-state index contributed by atoms with van der Waals surface area (Å²) in [5.74, 6) is 7.78. The second kappa shape index (κ2) is 6.86. The predicted octanol–water partition coefficient (Wildman–Crippen LogP) is -3.02. The van der Waals surface area contributed by atoms with Crippen LogP contribution in [-0.2, 0) is 9.59 Å². The van der Waals surface area contributed by atoms with Gasteiger partial charge in [0.1, 0.15) is 0 Å². The molecule has 82 valence electrons. The van der Waals surface area contributed by atoms with Crippen molar-refractivity contribution in [2.24, 2.45) is 11.7 Å². The van der Waals surface area contributed by atoms with Crippen LogP contribution in [0.1, 0.15) is 0 Å². The number of carbonyl (C=O) groups excluding carboxylic acids is 2. The molecule has 0 spiro atoms. The lowest BCUT2D eigenvalue weighted by Crippen LogP contribution is -2.38. The molecule has 8 N–H and O–H groups in total. The van der Waals surface area contributed by atoms with Crippen molar-refractivity contribution in [1.29, 1.82) is 0 Å². The minimum Gasteiger partial charge on any atom is -0.373 e. The molecule has 0 heterocycles. The number of aliphatic hydroxyl groups excluding tert-OH is 2. The van der Waals surface area contributed by atoms with E-state index in [9.17, 15) is 9.59 Å². The highest BCUT2D eigenvalue weighted by Gasteiger charge is 2.20. The van der Waals surface area contributed by atoms with E-state index in [-0.39, 0.29) is 0 Å². The molecule has 2 unspecified atom stereocenters. The predicted molar refractivity (Wildman–Crippen MR) is 51.9 cm³/mol. The number of nitrogens with two attached hydrogens (primary N) is 2. The summed E-state index contributed by atoms with van der Waals surface area (Å²) >= 11 is 0. The quantitative estimate of drug-likeness (QED) is 0.0980. The van der Waals surface area contributed by atoms with Crippen LogP contribution in [-0.4, -0.2) is 32.9 Å². The second-order valence-electron chi connectivity index (χ2n) is 1.91. The van der Waals surface area contributed by atoms with E-state index in [1.807, 2.05) is 0 Å². The molecular weight excluding hydrogens is 232 g/mol. The Morgan fingerprint density at radius 2 is 1.29 bits per heavy atom. The molecule has 14 heavy (non-hydrogen) atoms. The summed E-state index contributed by atoms with van der Waals surface area (Å²) < 4.78 is 0. The summed E-state index contributed by atoms with van der Waals surface area (Å²) in [6, 6.07) is 0. The minimum absolute atomic E-state index is 0.575. The molecule has 0 aliphatic heterocycles. The summed E-state index contributed by atoms with van der Waals surface area (Å²) in [4.78, 5) is 21.3. The van der Waals surface area contributed by atoms with Crippen molar-refractivity contribution in [3.63, 3.8) is 0 Å². The van der Waals surface area contributed by atoms with E-state index in [1.54, 1.807) is 10.9 Å². The first-order chi connectivity index (χ1) is 6.52. The summed E-state index contributed by atoms with van der Waals surface area (Å²) in [5, 5.41) is 18.0. The van der Waals surface area contributed by atoms with E-state index < -0.39 is 22.7 Å². The molecule has 0 radical (unpaired) electrons. The Morgan fingerprint density at radius 1 is 1.00 bits per heavy atom. The van der Waals surface area contributed by atoms with Crippen molar-refractivity contribution in [3.8, 4) is 0 Å². The molecule has 0 fully saturated rings. The van der Waals surface area contributed by atoms with Gasteiger partial charge in [-0.3, -0.25) is 20.4 Å². The Bertz CT molecular complexity index is 194. The van der Waals surface area contributed by atoms with Gasteiger partial charge in [-0.25, -0.2) is 11.7 Å². The van der Waals surface area contributed by atoms with E-state index in [0.717, 1.165) is 0 Å². The third kappa shape index (κ3) is 4.64. The van der Waals surface area contributed by atoms with Gasteiger partial charge in [-0.15, -0.1) is 0 Å². The van der Waals surface area contributed by atoms with Gasteiger partial charge in [0, 0.05) is 0 Å². The molecule has 0 saturated heterocycles. The van der Waals surface area contributed by atoms with E-state index in [4.69, 9.17) is 21.9 Å². The van der Waals surface area contributed by atoms with E-state index >= 15 is 0 Å². The van der Waals surface area contributed by atoms with Crippen LogP contribution in [0.3, 0.4) is 0 Å². The van der Waals surface area contributed by atoms with Crippen molar-refractivity contribution in [1.82, 2.24) is 10.9 Å². The number of aliphatic hydroxyl groups is 2. The summed E-state index contributed by atoms with van der Waals surface area (Å²) in [7, 11) is 1.15. The third-order valence-electron chi connectivity index (χ3n) is 0.971. The molecule has 0 aromatic heterocycles. The van der Waals surface area contributed by atoms with Crippen molar-refractivity contribution >= 4 is 33.4 Å². The molecule has 8 nitrogen and oxygen atoms in total. The van der Waals surface area contributed by atoms with Crippen LogP contribution in [0.25, 0.3) is 0 Å². The van der Waals surface area contributed by atoms with Gasteiger partial charge in [-0.1, -0.05) is 0 Å². The SMILES string of the molecule is NNC(=O)C(O)SSC(O)C(=O)NN. The smallest absolute Gasteiger partial charge is 0.274 e. The zero-order valence-electron chi connectivity index (χ0n) is 6.84. The van der Waals surface area contributed by atoms with Gasteiger partial charge in [-0.2, -0.15) is 0 Å². The molecule has 0 rings (SSSR count). The number of hydrazine groups is 2. The molecule has 2 atom stereocenters. The molecule has 0 aliphatic rings. The number of hydrogen-bond donors (Lipinski definition) is 6. The second-order valence-corrected chi connectivity index (χ2v) is 4.35. The lowest BCUT2D eigenvalue weighted by molar-refractivity contribution is -0.126. The van der Waals surface area contributed by atoms with Crippen LogP contribution in [0.4, 0.5) is 0 Å². The van der Waals surface area contributed by atoms with Crippen LogP contribution in [0.5, 0.6) is 0 Å². The van der Waals surface area contributed by atoms with Crippen molar-refractivity contribution < 1.29 is 19.8 Å². The largest absolute Gasteiger partial charge is 0.373 e. The summed E-state index contributed by atoms with van der Waals surface area (Å²) in [5.41, 5.74) is 0.469. The standard InChI is InChI=1S/C4H10N4O4S2/c5-7-1(9)3(11)13-14-4(12)2(10)8-6/h3-4,11-12H,5-6H2,(H,7,9)(H,8,10). The minimum atomic E-state index is -1.47. The molecule has 0 saturated carbocycles. The highest BCUT2D eigenvalue weighted by atomic mass is 33.1. The summed E-state index contributed by atoms with van der Waals surface area (Å²) in [6.45, 7) is 0. The van der Waals surface area contributed by atoms with Crippen molar-refractivity contribution in [3.05, 3.63) is 0 Å². The van der Waals surface area contributed by atoms with Crippen LogP contribution in [0.2, 0.25) is 0 Å². The molecule has 10 heteroatoms. The van der Waals surface area contributed by atoms with Crippen LogP contribution < -0.4 is 22.5 Å². The third-order valence-corrected chi connectivity index (χ3v) is 3.30. The average molecular weight is 242 g/mol. The zero-order valence-corrected chi connectivity index (χ0v) is 8.47. The first-order valence-electron chi connectivity index (χ1n) is 3.22. The maximum absolute atomic E-state index is 10.6. The zero-order chi connectivity index (χ0) is 11.1. The number of amides is 2. The Balaban J connectivity index is 3.82. The Labute approximate surface area is 87.1 Å². The fourth-order valence-corrected chi connectivity index (χ4v) is 2.01. The summed E-state index contributed by atoms with van der Waals surface area (Å²) in [6.07, 6.45) is 0. The molecule has 0 aromatic carbocycles. The van der Waals surface area contributed by atoms with E-state index in [2.05, 4.69) is 0 Å². The van der Waals surface area contributed by atoms with Gasteiger partial charge in [-0.05, 0) is 21.6 Å². The fraction of sp³-hybridized carbons (Fsp3) is 0.500. The molecule has 0 aliphatic carbocycles. The van der Waals surface area contributed by atoms with Gasteiger partial charge >= 0.3 is 0 Å². The lowest BCUT2D eigenvalue weighted by Gasteiger charge is -2.10. The Morgan fingerprint density at radius 3 is 1.50 bits per heavy atom. The average Bonchev–Trinajstić information content (AvgIpc) is 2.22. The lowest BCUT2D eigenvalue weighted by atomic mass is 10.7. The molecule has 0 aromatic rings. The van der Waals surface area contributed by atoms with Gasteiger partial charge in [0.05, 0.1) is 0 Å². The number of nitrogens with one attached hydrogen (secondary N) is 2. The van der Waals surface area contributed by atoms with E-state index in [0.29, 0.717) is 21.6 Å². The first-order valence-corrected chi connectivity index (χ1v) is 5.49. The Kier molecular flexibility index (Phi) is 6.61. The van der Waals surface area contributed by atoms with Crippen molar-refractivity contribution in [2.75, 3.05) is 0 Å². The topological polar surface area (TPSA) is 151 Å². The van der Waals surface area contributed by atoms with Gasteiger partial charge in [0.25, 0.3) is 11.8 Å². The van der Waals surface area contributed by atoms with Crippen LogP contribution >= 0.6 is 21.6 Å². The monoisotopic (exact) mass is 242 g/mol. The number of rotatable bonds is 5. The number of hydrogen-bond acceptors (Lipinski definition) is 8. The highest BCUT2D eigenvalue weighted by Crippen LogP contribution is 2.28. The van der Waals surface area contributed by atoms with Gasteiger partial charge in [0.2, 0.25) is 0 Å². The molecule has 2 amide bonds. The van der Waals surface area contributed by atoms with Crippen molar-refractivity contribution in [2.45, 2.75) is 10.9 Å². The molecular formula is C4H10N4O4S2. The van der Waals surface area contributed by atoms with Crippen LogP contribution in [0, 0.1) is 0 Å². The first kappa shape index (κ1) is 13.5. The highest BCUT2D eigenvalue weighted by molar-refractivity contribution is 8.77. The maximum atomic E-state index is 10.6.